The Morgan fingerprint density at radius 2 is 2.28 bits per heavy atom. The third-order valence-corrected chi connectivity index (χ3v) is 3.77. The van der Waals surface area contributed by atoms with Crippen LogP contribution in [0.4, 0.5) is 5.95 Å². The summed E-state index contributed by atoms with van der Waals surface area (Å²) in [4.78, 5) is 11.4. The van der Waals surface area contributed by atoms with E-state index in [2.05, 4.69) is 50.7 Å². The van der Waals surface area contributed by atoms with Gasteiger partial charge in [0.2, 0.25) is 5.95 Å². The molecule has 0 spiro atoms. The van der Waals surface area contributed by atoms with Gasteiger partial charge in [0.25, 0.3) is 0 Å². The van der Waals surface area contributed by atoms with Crippen molar-refractivity contribution in [3.63, 3.8) is 0 Å². The van der Waals surface area contributed by atoms with Crippen LogP contribution < -0.4 is 4.90 Å². The van der Waals surface area contributed by atoms with Crippen molar-refractivity contribution in [3.8, 4) is 0 Å². The number of hydrogen-bond donors (Lipinski definition) is 0. The van der Waals surface area contributed by atoms with Gasteiger partial charge in [0.1, 0.15) is 0 Å². The van der Waals surface area contributed by atoms with E-state index in [1.165, 1.54) is 0 Å². The van der Waals surface area contributed by atoms with E-state index in [1.54, 1.807) is 0 Å². The standard InChI is InChI=1S/C13H20BrN3O/c1-9(2)12-6-10(3)15-13(16-12)17-4-5-18-11(7-14)8-17/h6,9,11H,4-5,7-8H2,1-3H3. The van der Waals surface area contributed by atoms with Crippen molar-refractivity contribution in [3.05, 3.63) is 17.5 Å². The molecule has 5 heteroatoms. The average molecular weight is 314 g/mol. The largest absolute Gasteiger partial charge is 0.374 e. The average Bonchev–Trinajstić information content (AvgIpc) is 2.38. The Morgan fingerprint density at radius 1 is 1.50 bits per heavy atom. The predicted octanol–water partition coefficient (Wildman–Crippen LogP) is 2.51. The highest BCUT2D eigenvalue weighted by Gasteiger charge is 2.22. The summed E-state index contributed by atoms with van der Waals surface area (Å²) in [6, 6.07) is 2.07. The quantitative estimate of drug-likeness (QED) is 0.804. The summed E-state index contributed by atoms with van der Waals surface area (Å²) in [6.45, 7) is 8.80. The smallest absolute Gasteiger partial charge is 0.225 e. The zero-order valence-electron chi connectivity index (χ0n) is 11.2. The van der Waals surface area contributed by atoms with Gasteiger partial charge in [-0.15, -0.1) is 0 Å². The summed E-state index contributed by atoms with van der Waals surface area (Å²) < 4.78 is 5.64. The molecule has 1 aromatic rings. The first kappa shape index (κ1) is 13.7. The molecule has 4 nitrogen and oxygen atoms in total. The lowest BCUT2D eigenvalue weighted by atomic mass is 10.1. The molecule has 0 bridgehead atoms. The van der Waals surface area contributed by atoms with E-state index in [0.717, 1.165) is 42.4 Å². The molecule has 0 radical (unpaired) electrons. The highest BCUT2D eigenvalue weighted by atomic mass is 79.9. The van der Waals surface area contributed by atoms with Crippen LogP contribution in [0.5, 0.6) is 0 Å². The van der Waals surface area contributed by atoms with Crippen LogP contribution in [0, 0.1) is 6.92 Å². The Morgan fingerprint density at radius 3 is 2.94 bits per heavy atom. The fourth-order valence-electron chi connectivity index (χ4n) is 2.01. The molecule has 0 amide bonds. The van der Waals surface area contributed by atoms with E-state index in [-0.39, 0.29) is 6.10 Å². The molecule has 1 aliphatic rings. The number of aryl methyl sites for hydroxylation is 1. The van der Waals surface area contributed by atoms with Gasteiger partial charge in [-0.3, -0.25) is 0 Å². The van der Waals surface area contributed by atoms with Crippen LogP contribution in [0.3, 0.4) is 0 Å². The number of hydrogen-bond acceptors (Lipinski definition) is 4. The zero-order valence-corrected chi connectivity index (χ0v) is 12.8. The maximum Gasteiger partial charge on any atom is 0.225 e. The Hall–Kier alpha value is -0.680. The number of anilines is 1. The van der Waals surface area contributed by atoms with Crippen molar-refractivity contribution in [2.24, 2.45) is 0 Å². The lowest BCUT2D eigenvalue weighted by Crippen LogP contribution is -2.44. The van der Waals surface area contributed by atoms with Gasteiger partial charge in [-0.25, -0.2) is 9.97 Å². The lowest BCUT2D eigenvalue weighted by Gasteiger charge is -2.32. The van der Waals surface area contributed by atoms with Crippen molar-refractivity contribution in [2.45, 2.75) is 32.8 Å². The van der Waals surface area contributed by atoms with Crippen LogP contribution in [0.15, 0.2) is 6.07 Å². The Balaban J connectivity index is 2.21. The first-order valence-corrected chi connectivity index (χ1v) is 7.50. The molecule has 100 valence electrons. The molecule has 1 atom stereocenters. The van der Waals surface area contributed by atoms with E-state index in [1.807, 2.05) is 6.92 Å². The SMILES string of the molecule is Cc1cc(C(C)C)nc(N2CCOC(CBr)C2)n1. The van der Waals surface area contributed by atoms with Gasteiger partial charge in [-0.1, -0.05) is 29.8 Å². The highest BCUT2D eigenvalue weighted by molar-refractivity contribution is 9.09. The second-order valence-electron chi connectivity index (χ2n) is 4.98. The topological polar surface area (TPSA) is 38.2 Å². The van der Waals surface area contributed by atoms with Gasteiger partial charge in [-0.2, -0.15) is 0 Å². The van der Waals surface area contributed by atoms with Gasteiger partial charge >= 0.3 is 0 Å². The first-order chi connectivity index (χ1) is 8.60. The molecule has 1 aliphatic heterocycles. The fraction of sp³-hybridized carbons (Fsp3) is 0.692. The lowest BCUT2D eigenvalue weighted by molar-refractivity contribution is 0.0564. The molecule has 0 aromatic carbocycles. The second kappa shape index (κ2) is 5.97. The zero-order chi connectivity index (χ0) is 13.1. The minimum Gasteiger partial charge on any atom is -0.374 e. The van der Waals surface area contributed by atoms with Crippen LogP contribution in [0.1, 0.15) is 31.2 Å². The number of aromatic nitrogens is 2. The molecule has 0 N–H and O–H groups in total. The van der Waals surface area contributed by atoms with Crippen LogP contribution >= 0.6 is 15.9 Å². The van der Waals surface area contributed by atoms with Crippen molar-refractivity contribution < 1.29 is 4.74 Å². The number of alkyl halides is 1. The van der Waals surface area contributed by atoms with E-state index < -0.39 is 0 Å². The maximum absolute atomic E-state index is 5.64. The van der Waals surface area contributed by atoms with Crippen molar-refractivity contribution >= 4 is 21.9 Å². The molecule has 1 aromatic heterocycles. The van der Waals surface area contributed by atoms with Gasteiger partial charge in [0.15, 0.2) is 0 Å². The highest BCUT2D eigenvalue weighted by Crippen LogP contribution is 2.19. The van der Waals surface area contributed by atoms with Crippen LogP contribution in [0.2, 0.25) is 0 Å². The third kappa shape index (κ3) is 3.20. The number of ether oxygens (including phenoxy) is 1. The molecule has 0 aliphatic carbocycles. The molecular formula is C13H20BrN3O. The Labute approximate surface area is 117 Å². The molecule has 2 rings (SSSR count). The molecule has 1 saturated heterocycles. The van der Waals surface area contributed by atoms with Gasteiger partial charge in [0.05, 0.1) is 12.7 Å². The monoisotopic (exact) mass is 313 g/mol. The van der Waals surface area contributed by atoms with Gasteiger partial charge < -0.3 is 9.64 Å². The molecule has 1 fully saturated rings. The predicted molar refractivity (Wildman–Crippen MR) is 76.6 cm³/mol. The summed E-state index contributed by atoms with van der Waals surface area (Å²) >= 11 is 3.47. The maximum atomic E-state index is 5.64. The van der Waals surface area contributed by atoms with E-state index in [0.29, 0.717) is 5.92 Å². The number of rotatable bonds is 3. The fourth-order valence-corrected chi connectivity index (χ4v) is 2.40. The summed E-state index contributed by atoms with van der Waals surface area (Å²) in [5.41, 5.74) is 2.14. The molecular weight excluding hydrogens is 294 g/mol. The molecule has 18 heavy (non-hydrogen) atoms. The van der Waals surface area contributed by atoms with Crippen molar-refractivity contribution in [1.29, 1.82) is 0 Å². The van der Waals surface area contributed by atoms with E-state index >= 15 is 0 Å². The second-order valence-corrected chi connectivity index (χ2v) is 5.63. The molecule has 1 unspecified atom stereocenters. The van der Waals surface area contributed by atoms with Crippen LogP contribution in [-0.2, 0) is 4.74 Å². The normalized spacial score (nSPS) is 20.5. The number of morpholine rings is 1. The summed E-state index contributed by atoms with van der Waals surface area (Å²) in [7, 11) is 0. The summed E-state index contributed by atoms with van der Waals surface area (Å²) in [6.07, 6.45) is 0.227. The van der Waals surface area contributed by atoms with E-state index in [9.17, 15) is 0 Å². The van der Waals surface area contributed by atoms with Crippen molar-refractivity contribution in [1.82, 2.24) is 9.97 Å². The minimum atomic E-state index is 0.227. The Bertz CT molecular complexity index is 411. The molecule has 2 heterocycles. The van der Waals surface area contributed by atoms with Crippen LogP contribution in [-0.4, -0.2) is 41.1 Å². The van der Waals surface area contributed by atoms with Crippen molar-refractivity contribution in [2.75, 3.05) is 29.9 Å². The first-order valence-electron chi connectivity index (χ1n) is 6.38. The Kier molecular flexibility index (Phi) is 4.56. The number of nitrogens with zero attached hydrogens (tertiary/aromatic N) is 3. The minimum absolute atomic E-state index is 0.227. The summed E-state index contributed by atoms with van der Waals surface area (Å²) in [5, 5.41) is 0.854. The van der Waals surface area contributed by atoms with Crippen LogP contribution in [0.25, 0.3) is 0 Å². The van der Waals surface area contributed by atoms with Gasteiger partial charge in [-0.05, 0) is 18.9 Å². The molecule has 0 saturated carbocycles. The third-order valence-electron chi connectivity index (χ3n) is 3.05. The van der Waals surface area contributed by atoms with Gasteiger partial charge in [0, 0.05) is 29.8 Å². The van der Waals surface area contributed by atoms with E-state index in [4.69, 9.17) is 4.74 Å². The number of halogens is 1. The summed E-state index contributed by atoms with van der Waals surface area (Å²) in [5.74, 6) is 1.27.